The van der Waals surface area contributed by atoms with Crippen LogP contribution in [0.15, 0.2) is 30.3 Å². The zero-order valence-corrected chi connectivity index (χ0v) is 13.2. The van der Waals surface area contributed by atoms with Crippen molar-refractivity contribution in [3.8, 4) is 0 Å². The number of nitrogens with zero attached hydrogens (tertiary/aromatic N) is 1. The highest BCUT2D eigenvalue weighted by Crippen LogP contribution is 2.43. The molecule has 3 nitrogen and oxygen atoms in total. The number of aliphatic hydroxyl groups excluding tert-OH is 1. The lowest BCUT2D eigenvalue weighted by Gasteiger charge is -2.41. The van der Waals surface area contributed by atoms with Gasteiger partial charge in [0, 0.05) is 13.1 Å². The molecule has 1 aromatic carbocycles. The Bertz CT molecular complexity index is 489. The molecule has 1 unspecified atom stereocenters. The summed E-state index contributed by atoms with van der Waals surface area (Å²) < 4.78 is 0. The van der Waals surface area contributed by atoms with Crippen LogP contribution in [0.3, 0.4) is 0 Å². The minimum Gasteiger partial charge on any atom is -0.395 e. The number of rotatable bonds is 4. The van der Waals surface area contributed by atoms with E-state index in [1.165, 1.54) is 12.8 Å². The summed E-state index contributed by atoms with van der Waals surface area (Å²) in [6.07, 6.45) is 8.60. The lowest BCUT2D eigenvalue weighted by Crippen LogP contribution is -2.54. The topological polar surface area (TPSA) is 40.5 Å². The molecule has 2 fully saturated rings. The monoisotopic (exact) mass is 300 g/mol. The Balaban J connectivity index is 1.99. The van der Waals surface area contributed by atoms with Crippen molar-refractivity contribution in [3.63, 3.8) is 0 Å². The largest absolute Gasteiger partial charge is 0.395 e. The molecule has 22 heavy (non-hydrogen) atoms. The van der Waals surface area contributed by atoms with Gasteiger partial charge in [-0.05, 0) is 43.6 Å². The molecule has 0 spiro atoms. The Hall–Kier alpha value is -1.35. The van der Waals surface area contributed by atoms with Gasteiger partial charge in [0.25, 0.3) is 0 Å². The summed E-state index contributed by atoms with van der Waals surface area (Å²) in [4.78, 5) is 15.4. The van der Waals surface area contributed by atoms with Crippen molar-refractivity contribution in [2.45, 2.75) is 43.9 Å². The second-order valence-corrected chi connectivity index (χ2v) is 6.64. The van der Waals surface area contributed by atoms with Crippen LogP contribution in [-0.4, -0.2) is 35.6 Å². The SMILES string of the molecule is O=C(N1CC[CH]CC1)C(CO)(c1ccccc1)C1CCCC1. The van der Waals surface area contributed by atoms with Gasteiger partial charge in [0.05, 0.1) is 6.61 Å². The average molecular weight is 300 g/mol. The van der Waals surface area contributed by atoms with Crippen molar-refractivity contribution in [1.29, 1.82) is 0 Å². The second-order valence-electron chi connectivity index (χ2n) is 6.64. The van der Waals surface area contributed by atoms with Crippen LogP contribution < -0.4 is 0 Å². The number of benzene rings is 1. The van der Waals surface area contributed by atoms with E-state index in [1.54, 1.807) is 0 Å². The molecule has 1 radical (unpaired) electrons. The molecule has 1 aliphatic heterocycles. The number of aliphatic hydroxyl groups is 1. The Morgan fingerprint density at radius 2 is 1.77 bits per heavy atom. The lowest BCUT2D eigenvalue weighted by atomic mass is 9.68. The highest BCUT2D eigenvalue weighted by molar-refractivity contribution is 5.89. The Morgan fingerprint density at radius 1 is 1.14 bits per heavy atom. The van der Waals surface area contributed by atoms with Crippen molar-refractivity contribution in [1.82, 2.24) is 4.90 Å². The van der Waals surface area contributed by atoms with E-state index in [4.69, 9.17) is 0 Å². The van der Waals surface area contributed by atoms with Crippen LogP contribution in [0.5, 0.6) is 0 Å². The van der Waals surface area contributed by atoms with Crippen molar-refractivity contribution >= 4 is 5.91 Å². The predicted molar refractivity (Wildman–Crippen MR) is 87.3 cm³/mol. The predicted octanol–water partition coefficient (Wildman–Crippen LogP) is 2.93. The zero-order valence-electron chi connectivity index (χ0n) is 13.2. The number of piperidine rings is 1. The molecule has 1 N–H and O–H groups in total. The highest BCUT2D eigenvalue weighted by atomic mass is 16.3. The minimum atomic E-state index is -0.741. The molecule has 1 amide bonds. The number of likely N-dealkylation sites (tertiary alicyclic amines) is 1. The Labute approximate surface area is 133 Å². The summed E-state index contributed by atoms with van der Waals surface area (Å²) in [6.45, 7) is 1.50. The van der Waals surface area contributed by atoms with Crippen molar-refractivity contribution in [2.75, 3.05) is 19.7 Å². The van der Waals surface area contributed by atoms with Gasteiger partial charge < -0.3 is 10.0 Å². The summed E-state index contributed by atoms with van der Waals surface area (Å²) in [6, 6.07) is 9.96. The molecule has 1 heterocycles. The normalized spacial score (nSPS) is 22.5. The first-order valence-corrected chi connectivity index (χ1v) is 8.56. The fraction of sp³-hybridized carbons (Fsp3) is 0.579. The molecule has 2 aliphatic rings. The van der Waals surface area contributed by atoms with Gasteiger partial charge >= 0.3 is 0 Å². The van der Waals surface area contributed by atoms with E-state index in [1.807, 2.05) is 35.2 Å². The fourth-order valence-corrected chi connectivity index (χ4v) is 4.21. The van der Waals surface area contributed by atoms with Gasteiger partial charge in [-0.2, -0.15) is 0 Å². The number of hydrogen-bond donors (Lipinski definition) is 1. The third kappa shape index (κ3) is 2.67. The van der Waals surface area contributed by atoms with Crippen molar-refractivity contribution in [2.24, 2.45) is 5.92 Å². The van der Waals surface area contributed by atoms with E-state index >= 15 is 0 Å². The van der Waals surface area contributed by atoms with E-state index < -0.39 is 5.41 Å². The van der Waals surface area contributed by atoms with Crippen molar-refractivity contribution < 1.29 is 9.90 Å². The zero-order chi connectivity index (χ0) is 15.4. The van der Waals surface area contributed by atoms with Gasteiger partial charge in [0.2, 0.25) is 5.91 Å². The molecule has 1 atom stereocenters. The molecule has 3 rings (SSSR count). The van der Waals surface area contributed by atoms with Crippen LogP contribution in [0, 0.1) is 12.3 Å². The molecule has 119 valence electrons. The standard InChI is InChI=1S/C19H26NO2/c21-15-19(17-11-5-6-12-17,16-9-3-1-4-10-16)18(22)20-13-7-2-8-14-20/h1-4,9-10,17,21H,5-8,11-15H2. The van der Waals surface area contributed by atoms with E-state index in [0.717, 1.165) is 44.3 Å². The first-order valence-electron chi connectivity index (χ1n) is 8.56. The van der Waals surface area contributed by atoms with Gasteiger partial charge in [0.15, 0.2) is 0 Å². The third-order valence-corrected chi connectivity index (χ3v) is 5.47. The van der Waals surface area contributed by atoms with Crippen LogP contribution >= 0.6 is 0 Å². The second kappa shape index (κ2) is 6.82. The molecule has 1 saturated carbocycles. The fourth-order valence-electron chi connectivity index (χ4n) is 4.21. The van der Waals surface area contributed by atoms with Gasteiger partial charge in [-0.1, -0.05) is 43.2 Å². The molecule has 3 heteroatoms. The van der Waals surface area contributed by atoms with Crippen LogP contribution in [-0.2, 0) is 10.2 Å². The van der Waals surface area contributed by atoms with Gasteiger partial charge in [-0.25, -0.2) is 0 Å². The minimum absolute atomic E-state index is 0.0826. The maximum absolute atomic E-state index is 13.4. The van der Waals surface area contributed by atoms with Crippen LogP contribution in [0.25, 0.3) is 0 Å². The van der Waals surface area contributed by atoms with E-state index in [-0.39, 0.29) is 18.4 Å². The van der Waals surface area contributed by atoms with E-state index in [2.05, 4.69) is 6.42 Å². The molecular weight excluding hydrogens is 274 g/mol. The number of hydrogen-bond acceptors (Lipinski definition) is 2. The summed E-state index contributed by atoms with van der Waals surface area (Å²) >= 11 is 0. The Morgan fingerprint density at radius 3 is 2.36 bits per heavy atom. The van der Waals surface area contributed by atoms with E-state index in [0.29, 0.717) is 0 Å². The van der Waals surface area contributed by atoms with Gasteiger partial charge in [-0.15, -0.1) is 0 Å². The van der Waals surface area contributed by atoms with Crippen LogP contribution in [0.1, 0.15) is 44.1 Å². The van der Waals surface area contributed by atoms with Crippen LogP contribution in [0.2, 0.25) is 0 Å². The first-order chi connectivity index (χ1) is 10.8. The number of carbonyl (C=O) groups is 1. The molecule has 1 aromatic rings. The highest BCUT2D eigenvalue weighted by Gasteiger charge is 2.49. The van der Waals surface area contributed by atoms with Crippen LogP contribution in [0.4, 0.5) is 0 Å². The third-order valence-electron chi connectivity index (χ3n) is 5.47. The van der Waals surface area contributed by atoms with Gasteiger partial charge in [0.1, 0.15) is 5.41 Å². The molecule has 1 saturated heterocycles. The molecule has 0 aromatic heterocycles. The smallest absolute Gasteiger partial charge is 0.235 e. The molecular formula is C19H26NO2. The summed E-state index contributed by atoms with van der Waals surface area (Å²) in [7, 11) is 0. The summed E-state index contributed by atoms with van der Waals surface area (Å²) in [5.41, 5.74) is 0.249. The maximum atomic E-state index is 13.4. The maximum Gasteiger partial charge on any atom is 0.235 e. The Kier molecular flexibility index (Phi) is 4.82. The van der Waals surface area contributed by atoms with E-state index in [9.17, 15) is 9.90 Å². The van der Waals surface area contributed by atoms with Gasteiger partial charge in [-0.3, -0.25) is 4.79 Å². The first kappa shape index (κ1) is 15.5. The summed E-state index contributed by atoms with van der Waals surface area (Å²) in [5.74, 6) is 0.402. The quantitative estimate of drug-likeness (QED) is 0.929. The van der Waals surface area contributed by atoms with Crippen molar-refractivity contribution in [3.05, 3.63) is 42.3 Å². The molecule has 1 aliphatic carbocycles. The lowest BCUT2D eigenvalue weighted by molar-refractivity contribution is -0.142. The number of carbonyl (C=O) groups excluding carboxylic acids is 1. The average Bonchev–Trinajstić information content (AvgIpc) is 3.13. The number of amides is 1. The molecule has 0 bridgehead atoms. The summed E-state index contributed by atoms with van der Waals surface area (Å²) in [5, 5.41) is 10.3.